The van der Waals surface area contributed by atoms with Crippen molar-refractivity contribution >= 4 is 26.1 Å². The summed E-state index contributed by atoms with van der Waals surface area (Å²) in [5.74, 6) is 0. The van der Waals surface area contributed by atoms with E-state index in [9.17, 15) is 8.42 Å². The topological polar surface area (TPSA) is 58.2 Å². The molecule has 2 rings (SSSR count). The SMILES string of the molecule is CCC1=CNS(=O)(=O)NC1c1ccccc1Br. The van der Waals surface area contributed by atoms with E-state index in [0.29, 0.717) is 0 Å². The molecule has 1 aromatic rings. The molecule has 0 saturated carbocycles. The Morgan fingerprint density at radius 2 is 2.06 bits per heavy atom. The Balaban J connectivity index is 2.46. The maximum atomic E-state index is 11.5. The Morgan fingerprint density at radius 1 is 1.35 bits per heavy atom. The van der Waals surface area contributed by atoms with Crippen LogP contribution in [-0.2, 0) is 10.2 Å². The maximum Gasteiger partial charge on any atom is 0.299 e. The quantitative estimate of drug-likeness (QED) is 0.879. The fraction of sp³-hybridized carbons (Fsp3) is 0.273. The van der Waals surface area contributed by atoms with Crippen molar-refractivity contribution in [3.05, 3.63) is 46.1 Å². The zero-order chi connectivity index (χ0) is 12.5. The Labute approximate surface area is 109 Å². The van der Waals surface area contributed by atoms with Gasteiger partial charge in [0.15, 0.2) is 0 Å². The van der Waals surface area contributed by atoms with Gasteiger partial charge in [-0.1, -0.05) is 41.1 Å². The zero-order valence-electron chi connectivity index (χ0n) is 9.27. The van der Waals surface area contributed by atoms with E-state index in [4.69, 9.17) is 0 Å². The van der Waals surface area contributed by atoms with Crippen molar-refractivity contribution in [1.82, 2.24) is 9.44 Å². The summed E-state index contributed by atoms with van der Waals surface area (Å²) in [4.78, 5) is 0. The van der Waals surface area contributed by atoms with Gasteiger partial charge >= 0.3 is 0 Å². The first kappa shape index (κ1) is 12.6. The van der Waals surface area contributed by atoms with Crippen molar-refractivity contribution in [2.75, 3.05) is 0 Å². The second-order valence-corrected chi connectivity index (χ2v) is 6.10. The van der Waals surface area contributed by atoms with Crippen LogP contribution in [0.25, 0.3) is 0 Å². The molecule has 4 nitrogen and oxygen atoms in total. The van der Waals surface area contributed by atoms with E-state index in [2.05, 4.69) is 25.4 Å². The molecular weight excluding hydrogens is 304 g/mol. The Bertz CT molecular complexity index is 554. The molecule has 1 heterocycles. The number of halogens is 1. The summed E-state index contributed by atoms with van der Waals surface area (Å²) in [6.07, 6.45) is 2.34. The largest absolute Gasteiger partial charge is 0.299 e. The van der Waals surface area contributed by atoms with Crippen LogP contribution in [0.1, 0.15) is 24.9 Å². The van der Waals surface area contributed by atoms with Gasteiger partial charge in [-0.25, -0.2) is 0 Å². The van der Waals surface area contributed by atoms with Crippen LogP contribution < -0.4 is 9.44 Å². The summed E-state index contributed by atoms with van der Waals surface area (Å²) < 4.78 is 28.9. The molecule has 1 aromatic carbocycles. The highest BCUT2D eigenvalue weighted by atomic mass is 79.9. The molecule has 6 heteroatoms. The summed E-state index contributed by atoms with van der Waals surface area (Å²) in [5, 5.41) is 0. The molecular formula is C11H13BrN2O2S. The monoisotopic (exact) mass is 316 g/mol. The molecule has 1 atom stereocenters. The minimum Gasteiger partial charge on any atom is -0.278 e. The van der Waals surface area contributed by atoms with Crippen LogP contribution in [0.3, 0.4) is 0 Å². The molecule has 0 aromatic heterocycles. The van der Waals surface area contributed by atoms with E-state index < -0.39 is 10.2 Å². The lowest BCUT2D eigenvalue weighted by Gasteiger charge is -2.26. The fourth-order valence-electron chi connectivity index (χ4n) is 1.78. The third kappa shape index (κ3) is 2.70. The van der Waals surface area contributed by atoms with E-state index in [1.54, 1.807) is 6.20 Å². The van der Waals surface area contributed by atoms with Crippen molar-refractivity contribution < 1.29 is 8.42 Å². The Hall–Kier alpha value is -0.850. The molecule has 0 fully saturated rings. The van der Waals surface area contributed by atoms with Gasteiger partial charge in [-0.3, -0.25) is 4.72 Å². The van der Waals surface area contributed by atoms with E-state index >= 15 is 0 Å². The lowest BCUT2D eigenvalue weighted by molar-refractivity contribution is 0.553. The highest BCUT2D eigenvalue weighted by Crippen LogP contribution is 2.31. The number of nitrogens with one attached hydrogen (secondary N) is 2. The van der Waals surface area contributed by atoms with Gasteiger partial charge in [0, 0.05) is 10.7 Å². The number of benzene rings is 1. The van der Waals surface area contributed by atoms with Gasteiger partial charge in [-0.2, -0.15) is 13.1 Å². The van der Waals surface area contributed by atoms with Gasteiger partial charge in [0.1, 0.15) is 0 Å². The summed E-state index contributed by atoms with van der Waals surface area (Å²) >= 11 is 3.44. The van der Waals surface area contributed by atoms with Crippen molar-refractivity contribution in [3.63, 3.8) is 0 Å². The maximum absolute atomic E-state index is 11.5. The number of hydrogen-bond acceptors (Lipinski definition) is 2. The minimum absolute atomic E-state index is 0.304. The van der Waals surface area contributed by atoms with Gasteiger partial charge in [-0.05, 0) is 23.6 Å². The molecule has 17 heavy (non-hydrogen) atoms. The van der Waals surface area contributed by atoms with E-state index in [1.807, 2.05) is 31.2 Å². The molecule has 0 bridgehead atoms. The molecule has 1 aliphatic rings. The van der Waals surface area contributed by atoms with Crippen molar-refractivity contribution in [1.29, 1.82) is 0 Å². The first-order valence-corrected chi connectivity index (χ1v) is 7.54. The third-order valence-corrected chi connectivity index (χ3v) is 4.36. The van der Waals surface area contributed by atoms with Gasteiger partial charge in [0.25, 0.3) is 10.2 Å². The molecule has 0 radical (unpaired) electrons. The molecule has 0 saturated heterocycles. The van der Waals surface area contributed by atoms with E-state index in [-0.39, 0.29) is 6.04 Å². The first-order valence-electron chi connectivity index (χ1n) is 5.26. The van der Waals surface area contributed by atoms with Gasteiger partial charge < -0.3 is 0 Å². The minimum atomic E-state index is -3.44. The summed E-state index contributed by atoms with van der Waals surface area (Å²) in [6, 6.07) is 7.30. The first-order chi connectivity index (χ1) is 8.03. The van der Waals surface area contributed by atoms with E-state index in [0.717, 1.165) is 22.0 Å². The standard InChI is InChI=1S/C11H13BrN2O2S/c1-2-8-7-13-17(15,16)14-11(8)9-5-3-4-6-10(9)12/h3-7,11,13-14H,2H2,1H3. The molecule has 0 spiro atoms. The summed E-state index contributed by atoms with van der Waals surface area (Å²) in [5.41, 5.74) is 1.93. The smallest absolute Gasteiger partial charge is 0.278 e. The lowest BCUT2D eigenvalue weighted by Crippen LogP contribution is -2.41. The van der Waals surface area contributed by atoms with Crippen LogP contribution in [0.5, 0.6) is 0 Å². The Morgan fingerprint density at radius 3 is 2.71 bits per heavy atom. The van der Waals surface area contributed by atoms with Crippen LogP contribution in [0.15, 0.2) is 40.5 Å². The second kappa shape index (κ2) is 4.80. The highest BCUT2D eigenvalue weighted by Gasteiger charge is 2.26. The summed E-state index contributed by atoms with van der Waals surface area (Å²) in [7, 11) is -3.44. The van der Waals surface area contributed by atoms with E-state index in [1.165, 1.54) is 0 Å². The van der Waals surface area contributed by atoms with Gasteiger partial charge in [-0.15, -0.1) is 0 Å². The van der Waals surface area contributed by atoms with Crippen LogP contribution >= 0.6 is 15.9 Å². The number of rotatable bonds is 2. The van der Waals surface area contributed by atoms with Gasteiger partial charge in [0.05, 0.1) is 6.04 Å². The normalized spacial score (nSPS) is 22.7. The summed E-state index contributed by atoms with van der Waals surface area (Å²) in [6.45, 7) is 2.00. The van der Waals surface area contributed by atoms with Crippen LogP contribution in [0.2, 0.25) is 0 Å². The zero-order valence-corrected chi connectivity index (χ0v) is 11.7. The number of hydrogen-bond donors (Lipinski definition) is 2. The third-order valence-electron chi connectivity index (χ3n) is 2.67. The van der Waals surface area contributed by atoms with Crippen LogP contribution in [-0.4, -0.2) is 8.42 Å². The predicted octanol–water partition coefficient (Wildman–Crippen LogP) is 2.22. The van der Waals surface area contributed by atoms with Crippen molar-refractivity contribution in [3.8, 4) is 0 Å². The van der Waals surface area contributed by atoms with Gasteiger partial charge in [0.2, 0.25) is 0 Å². The lowest BCUT2D eigenvalue weighted by atomic mass is 9.98. The molecule has 1 aliphatic heterocycles. The molecule has 1 unspecified atom stereocenters. The predicted molar refractivity (Wildman–Crippen MR) is 70.4 cm³/mol. The average molecular weight is 317 g/mol. The molecule has 2 N–H and O–H groups in total. The molecule has 0 amide bonds. The molecule has 92 valence electrons. The second-order valence-electron chi connectivity index (χ2n) is 3.77. The van der Waals surface area contributed by atoms with Crippen LogP contribution in [0, 0.1) is 0 Å². The van der Waals surface area contributed by atoms with Crippen LogP contribution in [0.4, 0.5) is 0 Å². The average Bonchev–Trinajstić information content (AvgIpc) is 2.28. The Kier molecular flexibility index (Phi) is 3.56. The van der Waals surface area contributed by atoms with Crippen molar-refractivity contribution in [2.45, 2.75) is 19.4 Å². The van der Waals surface area contributed by atoms with Crippen molar-refractivity contribution in [2.24, 2.45) is 0 Å². The highest BCUT2D eigenvalue weighted by molar-refractivity contribution is 9.10. The molecule has 0 aliphatic carbocycles. The fourth-order valence-corrected chi connectivity index (χ4v) is 3.26.